The van der Waals surface area contributed by atoms with Gasteiger partial charge in [-0.1, -0.05) is 0 Å². The maximum absolute atomic E-state index is 5.92. The van der Waals surface area contributed by atoms with Crippen LogP contribution in [0.3, 0.4) is 0 Å². The van der Waals surface area contributed by atoms with Crippen LogP contribution >= 0.6 is 0 Å². The fourth-order valence-corrected chi connectivity index (χ4v) is 2.55. The van der Waals surface area contributed by atoms with Crippen molar-refractivity contribution >= 4 is 0 Å². The molecule has 1 saturated carbocycles. The highest BCUT2D eigenvalue weighted by atomic mass is 16.5. The summed E-state index contributed by atoms with van der Waals surface area (Å²) in [5.41, 5.74) is 5.92. The number of ether oxygens (including phenoxy) is 2. The van der Waals surface area contributed by atoms with Crippen LogP contribution < -0.4 is 10.5 Å². The summed E-state index contributed by atoms with van der Waals surface area (Å²) in [6.45, 7) is 2.39. The van der Waals surface area contributed by atoms with Gasteiger partial charge in [-0.2, -0.15) is 5.10 Å². The number of hydrogen-bond donors (Lipinski definition) is 1. The molecule has 19 heavy (non-hydrogen) atoms. The Hall–Kier alpha value is -1.07. The van der Waals surface area contributed by atoms with E-state index < -0.39 is 0 Å². The van der Waals surface area contributed by atoms with Gasteiger partial charge in [-0.3, -0.25) is 4.68 Å². The normalized spacial score (nSPS) is 23.5. The first-order valence-corrected chi connectivity index (χ1v) is 7.17. The lowest BCUT2D eigenvalue weighted by Crippen LogP contribution is -2.28. The molecule has 0 unspecified atom stereocenters. The quantitative estimate of drug-likeness (QED) is 0.765. The average Bonchev–Trinajstić information content (AvgIpc) is 2.85. The minimum Gasteiger partial charge on any atom is -0.490 e. The molecule has 1 aromatic heterocycles. The van der Waals surface area contributed by atoms with Crippen LogP contribution in [0.25, 0.3) is 0 Å². The van der Waals surface area contributed by atoms with Crippen LogP contribution in [0.2, 0.25) is 0 Å². The van der Waals surface area contributed by atoms with Gasteiger partial charge in [0.1, 0.15) is 0 Å². The predicted molar refractivity (Wildman–Crippen MR) is 74.1 cm³/mol. The van der Waals surface area contributed by atoms with Gasteiger partial charge >= 0.3 is 0 Å². The fourth-order valence-electron chi connectivity index (χ4n) is 2.55. The summed E-state index contributed by atoms with van der Waals surface area (Å²) in [5, 5.41) is 4.36. The summed E-state index contributed by atoms with van der Waals surface area (Å²) in [6, 6.07) is 0.411. The highest BCUT2D eigenvalue weighted by Crippen LogP contribution is 2.24. The van der Waals surface area contributed by atoms with Gasteiger partial charge in [0.15, 0.2) is 5.75 Å². The molecular weight excluding hydrogens is 242 g/mol. The molecule has 0 atom stereocenters. The van der Waals surface area contributed by atoms with Crippen molar-refractivity contribution in [3.8, 4) is 5.75 Å². The molecule has 5 nitrogen and oxygen atoms in total. The first-order chi connectivity index (χ1) is 9.28. The molecule has 0 radical (unpaired) electrons. The molecule has 2 rings (SSSR count). The third-order valence-corrected chi connectivity index (χ3v) is 3.71. The van der Waals surface area contributed by atoms with Gasteiger partial charge in [0, 0.05) is 32.7 Å². The zero-order chi connectivity index (χ0) is 13.5. The lowest BCUT2D eigenvalue weighted by molar-refractivity contribution is 0.172. The summed E-state index contributed by atoms with van der Waals surface area (Å²) >= 11 is 0. The van der Waals surface area contributed by atoms with Crippen molar-refractivity contribution in [2.24, 2.45) is 11.7 Å². The summed E-state index contributed by atoms with van der Waals surface area (Å²) in [4.78, 5) is 0. The molecule has 5 heteroatoms. The van der Waals surface area contributed by atoms with E-state index in [-0.39, 0.29) is 0 Å². The number of aromatic nitrogens is 2. The molecule has 0 aliphatic heterocycles. The van der Waals surface area contributed by atoms with E-state index in [0.717, 1.165) is 38.2 Å². The Labute approximate surface area is 115 Å². The van der Waals surface area contributed by atoms with Crippen molar-refractivity contribution in [2.45, 2.75) is 44.7 Å². The van der Waals surface area contributed by atoms with Crippen molar-refractivity contribution in [1.29, 1.82) is 0 Å². The van der Waals surface area contributed by atoms with E-state index in [4.69, 9.17) is 15.2 Å². The molecule has 1 aromatic rings. The Kier molecular flexibility index (Phi) is 5.66. The van der Waals surface area contributed by atoms with E-state index >= 15 is 0 Å². The molecule has 0 amide bonds. The van der Waals surface area contributed by atoms with Crippen LogP contribution in [0.1, 0.15) is 32.1 Å². The van der Waals surface area contributed by atoms with Crippen molar-refractivity contribution in [1.82, 2.24) is 9.78 Å². The standard InChI is InChI=1S/C14H25N3O2/c1-18-7-2-8-19-14-9-16-17(11-14)10-12-3-5-13(15)6-4-12/h9,11-13H,2-8,10,15H2,1H3. The van der Waals surface area contributed by atoms with Gasteiger partial charge in [0.2, 0.25) is 0 Å². The fraction of sp³-hybridized carbons (Fsp3) is 0.786. The minimum atomic E-state index is 0.411. The molecule has 1 fully saturated rings. The van der Waals surface area contributed by atoms with E-state index in [9.17, 15) is 0 Å². The molecule has 1 aliphatic rings. The van der Waals surface area contributed by atoms with E-state index in [1.807, 2.05) is 10.9 Å². The second-order valence-corrected chi connectivity index (χ2v) is 5.37. The van der Waals surface area contributed by atoms with Gasteiger partial charge < -0.3 is 15.2 Å². The van der Waals surface area contributed by atoms with Gasteiger partial charge in [-0.15, -0.1) is 0 Å². The third kappa shape index (κ3) is 4.84. The lowest BCUT2D eigenvalue weighted by Gasteiger charge is -2.25. The molecule has 2 N–H and O–H groups in total. The SMILES string of the molecule is COCCCOc1cnn(CC2CCC(N)CC2)c1. The lowest BCUT2D eigenvalue weighted by atomic mass is 9.86. The summed E-state index contributed by atoms with van der Waals surface area (Å²) < 4.78 is 12.6. The van der Waals surface area contributed by atoms with Crippen molar-refractivity contribution in [2.75, 3.05) is 20.3 Å². The highest BCUT2D eigenvalue weighted by Gasteiger charge is 2.19. The topological polar surface area (TPSA) is 62.3 Å². The largest absolute Gasteiger partial charge is 0.490 e. The predicted octanol–water partition coefficient (Wildman–Crippen LogP) is 1.82. The molecule has 108 valence electrons. The summed E-state index contributed by atoms with van der Waals surface area (Å²) in [6.07, 6.45) is 9.40. The molecule has 0 bridgehead atoms. The third-order valence-electron chi connectivity index (χ3n) is 3.71. The maximum Gasteiger partial charge on any atom is 0.157 e. The van der Waals surface area contributed by atoms with Crippen LogP contribution in [0.4, 0.5) is 0 Å². The average molecular weight is 267 g/mol. The number of nitrogens with two attached hydrogens (primary N) is 1. The second kappa shape index (κ2) is 7.50. The second-order valence-electron chi connectivity index (χ2n) is 5.37. The van der Waals surface area contributed by atoms with E-state index in [0.29, 0.717) is 18.6 Å². The van der Waals surface area contributed by atoms with Crippen LogP contribution in [-0.2, 0) is 11.3 Å². The molecule has 0 aromatic carbocycles. The van der Waals surface area contributed by atoms with E-state index in [1.54, 1.807) is 13.3 Å². The van der Waals surface area contributed by atoms with Crippen LogP contribution in [0.15, 0.2) is 12.4 Å². The van der Waals surface area contributed by atoms with Crippen LogP contribution in [0, 0.1) is 5.92 Å². The molecule has 0 saturated heterocycles. The Morgan fingerprint density at radius 3 is 2.84 bits per heavy atom. The molecule has 0 spiro atoms. The number of methoxy groups -OCH3 is 1. The summed E-state index contributed by atoms with van der Waals surface area (Å²) in [5.74, 6) is 1.56. The smallest absolute Gasteiger partial charge is 0.157 e. The Morgan fingerprint density at radius 2 is 2.11 bits per heavy atom. The molecular formula is C14H25N3O2. The first-order valence-electron chi connectivity index (χ1n) is 7.17. The highest BCUT2D eigenvalue weighted by molar-refractivity contribution is 5.11. The summed E-state index contributed by atoms with van der Waals surface area (Å²) in [7, 11) is 1.70. The Balaban J connectivity index is 1.71. The van der Waals surface area contributed by atoms with E-state index in [1.165, 1.54) is 12.8 Å². The van der Waals surface area contributed by atoms with Crippen molar-refractivity contribution in [3.05, 3.63) is 12.4 Å². The zero-order valence-corrected chi connectivity index (χ0v) is 11.8. The molecule has 1 aliphatic carbocycles. The van der Waals surface area contributed by atoms with Gasteiger partial charge in [-0.25, -0.2) is 0 Å². The number of rotatable bonds is 7. The maximum atomic E-state index is 5.92. The van der Waals surface area contributed by atoms with Gasteiger partial charge in [0.25, 0.3) is 0 Å². The monoisotopic (exact) mass is 267 g/mol. The number of nitrogens with zero attached hydrogens (tertiary/aromatic N) is 2. The van der Waals surface area contributed by atoms with E-state index in [2.05, 4.69) is 5.10 Å². The van der Waals surface area contributed by atoms with Gasteiger partial charge in [0.05, 0.1) is 19.0 Å². The Morgan fingerprint density at radius 1 is 1.32 bits per heavy atom. The first kappa shape index (κ1) is 14.3. The Bertz CT molecular complexity index is 359. The van der Waals surface area contributed by atoms with Crippen molar-refractivity contribution < 1.29 is 9.47 Å². The van der Waals surface area contributed by atoms with Crippen molar-refractivity contribution in [3.63, 3.8) is 0 Å². The van der Waals surface area contributed by atoms with Crippen LogP contribution in [0.5, 0.6) is 5.75 Å². The van der Waals surface area contributed by atoms with Crippen LogP contribution in [-0.4, -0.2) is 36.1 Å². The minimum absolute atomic E-state index is 0.411. The molecule has 1 heterocycles. The van der Waals surface area contributed by atoms with Gasteiger partial charge in [-0.05, 0) is 31.6 Å². The zero-order valence-electron chi connectivity index (χ0n) is 11.8. The number of hydrogen-bond acceptors (Lipinski definition) is 4.